The second-order valence-electron chi connectivity index (χ2n) is 8.68. The van der Waals surface area contributed by atoms with Gasteiger partial charge in [0.25, 0.3) is 0 Å². The summed E-state index contributed by atoms with van der Waals surface area (Å²) < 4.78 is 37.3. The van der Waals surface area contributed by atoms with Gasteiger partial charge >= 0.3 is 12.1 Å². The maximum atomic E-state index is 13.7. The van der Waals surface area contributed by atoms with E-state index in [1.54, 1.807) is 20.8 Å². The molecule has 0 fully saturated rings. The van der Waals surface area contributed by atoms with E-state index in [1.165, 1.54) is 0 Å². The van der Waals surface area contributed by atoms with Crippen LogP contribution in [-0.4, -0.2) is 36.2 Å². The first kappa shape index (κ1) is 28.1. The second-order valence-corrected chi connectivity index (χ2v) is 8.68. The van der Waals surface area contributed by atoms with E-state index in [9.17, 15) is 23.2 Å². The van der Waals surface area contributed by atoms with Crippen LogP contribution in [0.3, 0.4) is 0 Å². The van der Waals surface area contributed by atoms with Crippen LogP contribution in [0.4, 0.5) is 25.0 Å². The average molecular weight is 472 g/mol. The summed E-state index contributed by atoms with van der Waals surface area (Å²) in [7, 11) is 0. The molecule has 1 rings (SSSR count). The van der Waals surface area contributed by atoms with Gasteiger partial charge in [-0.15, -0.1) is 0 Å². The van der Waals surface area contributed by atoms with Crippen LogP contribution in [0.5, 0.6) is 0 Å². The van der Waals surface area contributed by atoms with Gasteiger partial charge in [0.1, 0.15) is 11.6 Å². The van der Waals surface area contributed by atoms with Crippen molar-refractivity contribution < 1.29 is 32.6 Å². The van der Waals surface area contributed by atoms with Gasteiger partial charge in [0, 0.05) is 6.42 Å². The number of amides is 2. The lowest BCUT2D eigenvalue weighted by atomic mass is 10.1. The van der Waals surface area contributed by atoms with Crippen molar-refractivity contribution in [2.24, 2.45) is 0 Å². The van der Waals surface area contributed by atoms with Crippen molar-refractivity contribution in [3.63, 3.8) is 0 Å². The largest absolute Gasteiger partial charge is 0.466 e. The number of ether oxygens (including phenoxy) is 2. The quantitative estimate of drug-likeness (QED) is 0.231. The molecule has 0 aliphatic heterocycles. The van der Waals surface area contributed by atoms with E-state index in [1.807, 2.05) is 6.92 Å². The summed E-state index contributed by atoms with van der Waals surface area (Å²) in [6.07, 6.45) is 3.19. The van der Waals surface area contributed by atoms with Gasteiger partial charge in [-0.05, 0) is 52.2 Å². The molecule has 33 heavy (non-hydrogen) atoms. The first-order valence-corrected chi connectivity index (χ1v) is 11.1. The van der Waals surface area contributed by atoms with Crippen LogP contribution in [0.25, 0.3) is 0 Å². The number of nitrogens with one attached hydrogen (secondary N) is 2. The summed E-state index contributed by atoms with van der Waals surface area (Å²) in [5, 5.41) is 4.92. The number of rotatable bonds is 12. The van der Waals surface area contributed by atoms with E-state index in [4.69, 9.17) is 15.2 Å². The third kappa shape index (κ3) is 11.0. The highest BCUT2D eigenvalue weighted by atomic mass is 19.2. The molecule has 1 atom stereocenters. The van der Waals surface area contributed by atoms with Gasteiger partial charge in [0.15, 0.2) is 11.6 Å². The number of anilines is 2. The number of nitrogens with two attached hydrogens (primary N) is 1. The Hall–Kier alpha value is -2.91. The summed E-state index contributed by atoms with van der Waals surface area (Å²) in [5.41, 5.74) is 4.12. The van der Waals surface area contributed by atoms with Crippen LogP contribution >= 0.6 is 0 Å². The first-order chi connectivity index (χ1) is 15.4. The Morgan fingerprint density at radius 1 is 1.09 bits per heavy atom. The molecule has 0 saturated heterocycles. The van der Waals surface area contributed by atoms with Crippen LogP contribution < -0.4 is 16.4 Å². The molecule has 186 valence electrons. The number of unbranched alkanes of at least 4 members (excludes halogenated alkanes) is 3. The zero-order chi connectivity index (χ0) is 25.0. The number of esters is 1. The molecule has 0 bridgehead atoms. The lowest BCUT2D eigenvalue weighted by Gasteiger charge is -2.23. The van der Waals surface area contributed by atoms with Gasteiger partial charge in [0.05, 0.1) is 18.0 Å². The second kappa shape index (κ2) is 13.6. The molecule has 0 saturated carbocycles. The van der Waals surface area contributed by atoms with Crippen LogP contribution in [0.15, 0.2) is 12.1 Å². The minimum Gasteiger partial charge on any atom is -0.466 e. The van der Waals surface area contributed by atoms with Crippen molar-refractivity contribution in [2.45, 2.75) is 84.3 Å². The van der Waals surface area contributed by atoms with Crippen molar-refractivity contribution in [1.29, 1.82) is 0 Å². The van der Waals surface area contributed by atoms with Crippen LogP contribution in [0.1, 0.15) is 72.6 Å². The predicted molar refractivity (Wildman–Crippen MR) is 122 cm³/mol. The van der Waals surface area contributed by atoms with E-state index >= 15 is 0 Å². The number of alkyl carbamates (subject to hydrolysis) is 1. The van der Waals surface area contributed by atoms with Gasteiger partial charge in [-0.2, -0.15) is 0 Å². The minimum atomic E-state index is -1.27. The Morgan fingerprint density at radius 2 is 1.79 bits per heavy atom. The van der Waals surface area contributed by atoms with Gasteiger partial charge < -0.3 is 25.8 Å². The number of carbonyl (C=O) groups excluding carboxylic acids is 3. The Morgan fingerprint density at radius 3 is 2.42 bits per heavy atom. The Balaban J connectivity index is 2.69. The molecule has 10 heteroatoms. The van der Waals surface area contributed by atoms with Crippen molar-refractivity contribution >= 4 is 29.3 Å². The monoisotopic (exact) mass is 471 g/mol. The summed E-state index contributed by atoms with van der Waals surface area (Å²) >= 11 is 0. The number of halogens is 2. The highest BCUT2D eigenvalue weighted by Gasteiger charge is 2.25. The topological polar surface area (TPSA) is 120 Å². The van der Waals surface area contributed by atoms with Crippen molar-refractivity contribution in [2.75, 3.05) is 17.7 Å². The van der Waals surface area contributed by atoms with E-state index in [-0.39, 0.29) is 24.5 Å². The molecular weight excluding hydrogens is 436 g/mol. The minimum absolute atomic E-state index is 0.107. The highest BCUT2D eigenvalue weighted by molar-refractivity contribution is 5.98. The molecular formula is C23H35F2N3O5. The van der Waals surface area contributed by atoms with E-state index in [0.29, 0.717) is 25.9 Å². The molecule has 0 heterocycles. The Bertz CT molecular complexity index is 812. The maximum Gasteiger partial charge on any atom is 0.408 e. The van der Waals surface area contributed by atoms with Crippen LogP contribution in [-0.2, 0) is 19.1 Å². The Labute approximate surface area is 193 Å². The lowest BCUT2D eigenvalue weighted by Crippen LogP contribution is -2.45. The summed E-state index contributed by atoms with van der Waals surface area (Å²) in [4.78, 5) is 36.6. The van der Waals surface area contributed by atoms with Crippen molar-refractivity contribution in [1.82, 2.24) is 5.32 Å². The highest BCUT2D eigenvalue weighted by Crippen LogP contribution is 2.24. The van der Waals surface area contributed by atoms with Crippen molar-refractivity contribution in [3.05, 3.63) is 23.8 Å². The summed E-state index contributed by atoms with van der Waals surface area (Å²) in [5.74, 6) is -3.33. The fourth-order valence-electron chi connectivity index (χ4n) is 2.81. The third-order valence-corrected chi connectivity index (χ3v) is 4.53. The number of hydrogen-bond acceptors (Lipinski definition) is 6. The van der Waals surface area contributed by atoms with Crippen LogP contribution in [0, 0.1) is 11.6 Å². The maximum absolute atomic E-state index is 13.7. The molecule has 1 aromatic rings. The number of nitrogen functional groups attached to an aromatic ring is 1. The first-order valence-electron chi connectivity index (χ1n) is 11.1. The molecule has 0 aliphatic carbocycles. The van der Waals surface area contributed by atoms with Gasteiger partial charge in [-0.25, -0.2) is 13.6 Å². The fraction of sp³-hybridized carbons (Fsp3) is 0.609. The predicted octanol–water partition coefficient (Wildman–Crippen LogP) is 4.67. The molecule has 0 radical (unpaired) electrons. The average Bonchev–Trinajstić information content (AvgIpc) is 2.71. The molecule has 8 nitrogen and oxygen atoms in total. The molecule has 2 amide bonds. The third-order valence-electron chi connectivity index (χ3n) is 4.53. The zero-order valence-electron chi connectivity index (χ0n) is 19.8. The summed E-state index contributed by atoms with van der Waals surface area (Å²) in [6, 6.07) is 0.973. The number of hydrogen-bond donors (Lipinski definition) is 3. The van der Waals surface area contributed by atoms with Crippen molar-refractivity contribution in [3.8, 4) is 0 Å². The van der Waals surface area contributed by atoms with Gasteiger partial charge in [0.2, 0.25) is 5.91 Å². The fourth-order valence-corrected chi connectivity index (χ4v) is 2.81. The normalized spacial score (nSPS) is 12.1. The van der Waals surface area contributed by atoms with Gasteiger partial charge in [-0.3, -0.25) is 9.59 Å². The summed E-state index contributed by atoms with van der Waals surface area (Å²) in [6.45, 7) is 7.47. The Kier molecular flexibility index (Phi) is 11.6. The molecule has 1 aromatic carbocycles. The van der Waals surface area contributed by atoms with E-state index < -0.39 is 41.0 Å². The number of benzene rings is 1. The van der Waals surface area contributed by atoms with E-state index in [2.05, 4.69) is 10.6 Å². The molecule has 0 unspecified atom stereocenters. The SMILES string of the molecule is CCCCOC(=O)CCCCC[C@H](NC(=O)OC(C)(C)C)C(=O)Nc1ccc(F)c(F)c1N. The standard InChI is InChI=1S/C23H35F2N3O5/c1-5-6-14-32-18(29)11-9-7-8-10-17(28-22(31)33-23(2,3)4)21(30)27-16-13-12-15(24)19(25)20(16)26/h12-13,17H,5-11,14,26H2,1-4H3,(H,27,30)(H,28,31)/t17-/m0/s1. The molecule has 0 spiro atoms. The number of carbonyl (C=O) groups is 3. The van der Waals surface area contributed by atoms with E-state index in [0.717, 1.165) is 25.0 Å². The zero-order valence-corrected chi connectivity index (χ0v) is 19.8. The van der Waals surface area contributed by atoms with Crippen LogP contribution in [0.2, 0.25) is 0 Å². The van der Waals surface area contributed by atoms with Gasteiger partial charge in [-0.1, -0.05) is 26.2 Å². The molecule has 0 aromatic heterocycles. The molecule has 4 N–H and O–H groups in total. The smallest absolute Gasteiger partial charge is 0.408 e. The molecule has 0 aliphatic rings. The lowest BCUT2D eigenvalue weighted by molar-refractivity contribution is -0.143.